The molecule has 0 aliphatic heterocycles. The molecule has 114 valence electrons. The van der Waals surface area contributed by atoms with Crippen LogP contribution < -0.4 is 4.72 Å². The van der Waals surface area contributed by atoms with E-state index >= 15 is 0 Å². The monoisotopic (exact) mass is 306 g/mol. The van der Waals surface area contributed by atoms with Gasteiger partial charge in [-0.25, -0.2) is 22.7 Å². The van der Waals surface area contributed by atoms with Crippen LogP contribution in [0.2, 0.25) is 0 Å². The maximum atomic E-state index is 11.7. The van der Waals surface area contributed by atoms with Gasteiger partial charge in [-0.1, -0.05) is 0 Å². The molecule has 1 heterocycles. The van der Waals surface area contributed by atoms with Crippen molar-refractivity contribution in [2.24, 2.45) is 0 Å². The van der Waals surface area contributed by atoms with E-state index < -0.39 is 14.9 Å². The molecule has 1 N–H and O–H groups in total. The van der Waals surface area contributed by atoms with E-state index in [0.717, 1.165) is 6.20 Å². The first kappa shape index (κ1) is 16.5. The number of ether oxygens (including phenoxy) is 1. The molecule has 0 spiro atoms. The van der Waals surface area contributed by atoms with E-state index in [0.29, 0.717) is 18.9 Å². The van der Waals surface area contributed by atoms with Gasteiger partial charge in [0.1, 0.15) is 18.5 Å². The quantitative estimate of drug-likeness (QED) is 0.391. The number of imidazole rings is 1. The molecule has 0 aliphatic rings. The first-order valence-corrected chi connectivity index (χ1v) is 7.65. The number of nitrogens with zero attached hydrogens (tertiary/aromatic N) is 3. The van der Waals surface area contributed by atoms with Crippen LogP contribution in [-0.2, 0) is 21.3 Å². The molecule has 1 aromatic rings. The van der Waals surface area contributed by atoms with Crippen molar-refractivity contribution >= 4 is 15.8 Å². The lowest BCUT2D eigenvalue weighted by Gasteiger charge is -2.06. The van der Waals surface area contributed by atoms with Gasteiger partial charge in [-0.2, -0.15) is 0 Å². The molecule has 0 saturated carbocycles. The highest BCUT2D eigenvalue weighted by Crippen LogP contribution is 2.13. The van der Waals surface area contributed by atoms with Gasteiger partial charge in [0.25, 0.3) is 0 Å². The summed E-state index contributed by atoms with van der Waals surface area (Å²) in [5.41, 5.74) is 0. The predicted molar refractivity (Wildman–Crippen MR) is 71.9 cm³/mol. The lowest BCUT2D eigenvalue weighted by Crippen LogP contribution is -2.30. The molecule has 20 heavy (non-hydrogen) atoms. The van der Waals surface area contributed by atoms with Gasteiger partial charge in [0.2, 0.25) is 10.0 Å². The Labute approximate surface area is 117 Å². The number of rotatable bonds is 9. The zero-order valence-corrected chi connectivity index (χ0v) is 12.2. The molecular weight excluding hydrogens is 288 g/mol. The van der Waals surface area contributed by atoms with Gasteiger partial charge in [-0.3, -0.25) is 0 Å². The normalized spacial score (nSPS) is 11.7. The van der Waals surface area contributed by atoms with Crippen molar-refractivity contribution in [2.75, 3.05) is 26.0 Å². The van der Waals surface area contributed by atoms with E-state index in [2.05, 4.69) is 9.71 Å². The van der Waals surface area contributed by atoms with Gasteiger partial charge in [0, 0.05) is 27.2 Å². The molecule has 0 bridgehead atoms. The highest BCUT2D eigenvalue weighted by molar-refractivity contribution is 7.89. The molecule has 0 fully saturated rings. The number of nitrogens with one attached hydrogen (secondary N) is 1. The fourth-order valence-corrected chi connectivity index (χ4v) is 2.63. The minimum atomic E-state index is -3.47. The summed E-state index contributed by atoms with van der Waals surface area (Å²) in [5.74, 6) is -0.0405. The smallest absolute Gasteiger partial charge is 0.342 e. The summed E-state index contributed by atoms with van der Waals surface area (Å²) < 4.78 is 31.9. The van der Waals surface area contributed by atoms with Crippen LogP contribution in [0.1, 0.15) is 12.2 Å². The molecule has 1 rings (SSSR count). The first-order valence-electron chi connectivity index (χ1n) is 6.00. The largest absolute Gasteiger partial charge is 0.385 e. The average Bonchev–Trinajstić information content (AvgIpc) is 2.74. The van der Waals surface area contributed by atoms with Crippen molar-refractivity contribution < 1.29 is 18.1 Å². The summed E-state index contributed by atoms with van der Waals surface area (Å²) in [7, 11) is -1.94. The van der Waals surface area contributed by atoms with Gasteiger partial charge >= 0.3 is 5.82 Å². The third kappa shape index (κ3) is 4.87. The number of sulfonamides is 1. The molecule has 0 aromatic carbocycles. The third-order valence-corrected chi connectivity index (χ3v) is 4.02. The van der Waals surface area contributed by atoms with Crippen molar-refractivity contribution in [1.82, 2.24) is 14.3 Å². The average molecular weight is 306 g/mol. The highest BCUT2D eigenvalue weighted by Gasteiger charge is 2.20. The zero-order valence-electron chi connectivity index (χ0n) is 11.4. The molecule has 0 radical (unpaired) electrons. The molecule has 1 aromatic heterocycles. The summed E-state index contributed by atoms with van der Waals surface area (Å²) in [6, 6.07) is 0. The Morgan fingerprint density at radius 2 is 2.25 bits per heavy atom. The maximum Gasteiger partial charge on any atom is 0.342 e. The SMILES string of the molecule is COCCCNS(=O)(=O)CCn1c([N+](=O)[O-])cnc1C. The summed E-state index contributed by atoms with van der Waals surface area (Å²) in [4.78, 5) is 14.0. The Bertz CT molecular complexity index is 554. The van der Waals surface area contributed by atoms with Crippen LogP contribution in [0, 0.1) is 17.0 Å². The van der Waals surface area contributed by atoms with Gasteiger partial charge in [-0.15, -0.1) is 0 Å². The molecule has 0 atom stereocenters. The third-order valence-electron chi connectivity index (χ3n) is 2.65. The van der Waals surface area contributed by atoms with Gasteiger partial charge < -0.3 is 14.9 Å². The molecular formula is C10H18N4O5S. The molecule has 0 aliphatic carbocycles. The number of aromatic nitrogens is 2. The topological polar surface area (TPSA) is 116 Å². The van der Waals surface area contributed by atoms with Crippen LogP contribution in [0.3, 0.4) is 0 Å². The van der Waals surface area contributed by atoms with Crippen molar-refractivity contribution in [3.05, 3.63) is 22.1 Å². The first-order chi connectivity index (χ1) is 9.37. The van der Waals surface area contributed by atoms with Gasteiger partial charge in [0.05, 0.1) is 0 Å². The van der Waals surface area contributed by atoms with Crippen molar-refractivity contribution in [3.63, 3.8) is 0 Å². The molecule has 10 heteroatoms. The van der Waals surface area contributed by atoms with Crippen LogP contribution >= 0.6 is 0 Å². The summed E-state index contributed by atoms with van der Waals surface area (Å²) in [6.07, 6.45) is 1.69. The van der Waals surface area contributed by atoms with E-state index in [1.165, 1.54) is 11.7 Å². The zero-order chi connectivity index (χ0) is 15.2. The van der Waals surface area contributed by atoms with E-state index in [9.17, 15) is 18.5 Å². The number of hydrogen-bond donors (Lipinski definition) is 1. The summed E-state index contributed by atoms with van der Waals surface area (Å²) in [5, 5.41) is 10.8. The van der Waals surface area contributed by atoms with Gasteiger partial charge in [0.15, 0.2) is 5.82 Å². The Balaban J connectivity index is 2.58. The second-order valence-corrected chi connectivity index (χ2v) is 6.06. The molecule has 0 saturated heterocycles. The summed E-state index contributed by atoms with van der Waals surface area (Å²) in [6.45, 7) is 2.32. The van der Waals surface area contributed by atoms with E-state index in [4.69, 9.17) is 4.74 Å². The molecule has 9 nitrogen and oxygen atoms in total. The van der Waals surface area contributed by atoms with Crippen LogP contribution in [-0.4, -0.2) is 48.9 Å². The van der Waals surface area contributed by atoms with Crippen LogP contribution in [0.5, 0.6) is 0 Å². The van der Waals surface area contributed by atoms with Crippen LogP contribution in [0.15, 0.2) is 6.20 Å². The van der Waals surface area contributed by atoms with Crippen LogP contribution in [0.4, 0.5) is 5.82 Å². The number of methoxy groups -OCH3 is 1. The Morgan fingerprint density at radius 3 is 2.85 bits per heavy atom. The fraction of sp³-hybridized carbons (Fsp3) is 0.700. The number of nitro groups is 1. The summed E-state index contributed by atoms with van der Waals surface area (Å²) >= 11 is 0. The Hall–Kier alpha value is -1.52. The minimum Gasteiger partial charge on any atom is -0.385 e. The second-order valence-electron chi connectivity index (χ2n) is 4.13. The predicted octanol–water partition coefficient (Wildman–Crippen LogP) is 0.0556. The molecule has 0 amide bonds. The Morgan fingerprint density at radius 1 is 1.55 bits per heavy atom. The number of aryl methyl sites for hydroxylation is 1. The van der Waals surface area contributed by atoms with Crippen LogP contribution in [0.25, 0.3) is 0 Å². The van der Waals surface area contributed by atoms with E-state index in [-0.39, 0.29) is 24.7 Å². The minimum absolute atomic E-state index is 0.0121. The molecule has 0 unspecified atom stereocenters. The van der Waals surface area contributed by atoms with E-state index in [1.807, 2.05) is 0 Å². The van der Waals surface area contributed by atoms with Gasteiger partial charge in [-0.05, 0) is 11.3 Å². The lowest BCUT2D eigenvalue weighted by molar-refractivity contribution is -0.392. The lowest BCUT2D eigenvalue weighted by atomic mass is 10.5. The van der Waals surface area contributed by atoms with E-state index in [1.54, 1.807) is 6.92 Å². The second kappa shape index (κ2) is 7.31. The highest BCUT2D eigenvalue weighted by atomic mass is 32.2. The maximum absolute atomic E-state index is 11.7. The fourth-order valence-electron chi connectivity index (χ4n) is 1.61. The Kier molecular flexibility index (Phi) is 6.05. The number of hydrogen-bond acceptors (Lipinski definition) is 6. The van der Waals surface area contributed by atoms with Crippen molar-refractivity contribution in [2.45, 2.75) is 19.9 Å². The standard InChI is InChI=1S/C10H18N4O5S/c1-9-11-8-10(14(15)16)13(9)5-7-20(17,18)12-4-3-6-19-2/h8,12H,3-7H2,1-2H3. The van der Waals surface area contributed by atoms with Crippen molar-refractivity contribution in [1.29, 1.82) is 0 Å². The van der Waals surface area contributed by atoms with Crippen molar-refractivity contribution in [3.8, 4) is 0 Å².